The summed E-state index contributed by atoms with van der Waals surface area (Å²) in [6, 6.07) is 13.0. The van der Waals surface area contributed by atoms with Crippen LogP contribution in [0.3, 0.4) is 0 Å². The van der Waals surface area contributed by atoms with Gasteiger partial charge in [0.15, 0.2) is 0 Å². The molecule has 0 radical (unpaired) electrons. The number of rotatable bonds is 1. The van der Waals surface area contributed by atoms with Crippen LogP contribution < -0.4 is 9.47 Å². The molecular weight excluding hydrogens is 248 g/mol. The Labute approximate surface area is 119 Å². The van der Waals surface area contributed by atoms with Gasteiger partial charge in [-0.3, -0.25) is 0 Å². The molecule has 0 bridgehead atoms. The van der Waals surface area contributed by atoms with Crippen LogP contribution in [-0.2, 0) is 12.8 Å². The molecule has 2 unspecified atom stereocenters. The van der Waals surface area contributed by atoms with Gasteiger partial charge in [0.2, 0.25) is 0 Å². The van der Waals surface area contributed by atoms with Gasteiger partial charge < -0.3 is 9.47 Å². The summed E-state index contributed by atoms with van der Waals surface area (Å²) < 4.78 is 11.5. The van der Waals surface area contributed by atoms with Gasteiger partial charge in [-0.05, 0) is 60.4 Å². The summed E-state index contributed by atoms with van der Waals surface area (Å²) in [5.41, 5.74) is 5.17. The Morgan fingerprint density at radius 2 is 1.20 bits per heavy atom. The van der Waals surface area contributed by atoms with Gasteiger partial charge in [-0.1, -0.05) is 12.1 Å². The molecule has 0 amide bonds. The minimum Gasteiger partial charge on any atom is -0.490 e. The Morgan fingerprint density at radius 1 is 0.750 bits per heavy atom. The predicted molar refractivity (Wildman–Crippen MR) is 79.5 cm³/mol. The second kappa shape index (κ2) is 4.27. The fourth-order valence-corrected chi connectivity index (χ4v) is 3.20. The topological polar surface area (TPSA) is 18.5 Å². The van der Waals surface area contributed by atoms with E-state index in [0.717, 1.165) is 24.3 Å². The summed E-state index contributed by atoms with van der Waals surface area (Å²) in [6.45, 7) is 4.24. The third kappa shape index (κ3) is 1.87. The summed E-state index contributed by atoms with van der Waals surface area (Å²) in [6.07, 6.45) is 2.62. The van der Waals surface area contributed by atoms with Crippen molar-refractivity contribution in [3.63, 3.8) is 0 Å². The highest BCUT2D eigenvalue weighted by atomic mass is 16.5. The first-order valence-corrected chi connectivity index (χ1v) is 7.28. The van der Waals surface area contributed by atoms with Crippen LogP contribution in [0.4, 0.5) is 0 Å². The molecule has 0 saturated carbocycles. The number of fused-ring (bicyclic) bond motifs is 2. The second-order valence-electron chi connectivity index (χ2n) is 5.91. The van der Waals surface area contributed by atoms with E-state index in [4.69, 9.17) is 9.47 Å². The van der Waals surface area contributed by atoms with Crippen LogP contribution in [0.1, 0.15) is 25.0 Å². The van der Waals surface area contributed by atoms with Crippen LogP contribution in [0.25, 0.3) is 11.1 Å². The van der Waals surface area contributed by atoms with Crippen molar-refractivity contribution in [2.75, 3.05) is 0 Å². The standard InChI is InChI=1S/C18H18O2/c1-11-7-15-9-13(3-5-17(15)19-11)14-4-6-18-16(10-14)8-12(2)20-18/h3-6,9-12H,7-8H2,1-2H3. The van der Waals surface area contributed by atoms with E-state index in [1.807, 2.05) is 0 Å². The largest absolute Gasteiger partial charge is 0.490 e. The Bertz CT molecular complexity index is 616. The van der Waals surface area contributed by atoms with Crippen LogP contribution in [0.15, 0.2) is 36.4 Å². The molecule has 4 rings (SSSR count). The molecule has 0 fully saturated rings. The maximum absolute atomic E-state index is 5.77. The van der Waals surface area contributed by atoms with Gasteiger partial charge in [0.1, 0.15) is 23.7 Å². The summed E-state index contributed by atoms with van der Waals surface area (Å²) in [7, 11) is 0. The Morgan fingerprint density at radius 3 is 1.65 bits per heavy atom. The second-order valence-corrected chi connectivity index (χ2v) is 5.91. The van der Waals surface area contributed by atoms with Gasteiger partial charge in [-0.2, -0.15) is 0 Å². The molecule has 0 aliphatic carbocycles. The van der Waals surface area contributed by atoms with Gasteiger partial charge in [0.25, 0.3) is 0 Å². The molecule has 0 spiro atoms. The Kier molecular flexibility index (Phi) is 2.53. The SMILES string of the molecule is CC1Cc2cc(-c3ccc4c(c3)CC(C)O4)ccc2O1. The van der Waals surface area contributed by atoms with Crippen LogP contribution in [0.5, 0.6) is 11.5 Å². The average Bonchev–Trinajstić information content (AvgIpc) is 2.97. The van der Waals surface area contributed by atoms with E-state index in [1.54, 1.807) is 0 Å². The molecule has 2 aromatic carbocycles. The van der Waals surface area contributed by atoms with Crippen molar-refractivity contribution < 1.29 is 9.47 Å². The van der Waals surface area contributed by atoms with Gasteiger partial charge in [0, 0.05) is 12.8 Å². The van der Waals surface area contributed by atoms with Gasteiger partial charge >= 0.3 is 0 Å². The summed E-state index contributed by atoms with van der Waals surface area (Å²) >= 11 is 0. The number of benzene rings is 2. The highest BCUT2D eigenvalue weighted by molar-refractivity contribution is 5.68. The molecule has 0 N–H and O–H groups in total. The van der Waals surface area contributed by atoms with E-state index in [-0.39, 0.29) is 0 Å². The van der Waals surface area contributed by atoms with E-state index in [2.05, 4.69) is 50.2 Å². The summed E-state index contributed by atoms with van der Waals surface area (Å²) in [4.78, 5) is 0. The number of hydrogen-bond donors (Lipinski definition) is 0. The van der Waals surface area contributed by atoms with Crippen molar-refractivity contribution in [3.8, 4) is 22.6 Å². The number of ether oxygens (including phenoxy) is 2. The molecule has 2 nitrogen and oxygen atoms in total. The predicted octanol–water partition coefficient (Wildman–Crippen LogP) is 4.00. The molecule has 2 heterocycles. The highest BCUT2D eigenvalue weighted by Crippen LogP contribution is 2.36. The maximum Gasteiger partial charge on any atom is 0.123 e. The van der Waals surface area contributed by atoms with E-state index in [0.29, 0.717) is 12.2 Å². The molecule has 2 aliphatic heterocycles. The van der Waals surface area contributed by atoms with Gasteiger partial charge in [0.05, 0.1) is 0 Å². The lowest BCUT2D eigenvalue weighted by molar-refractivity contribution is 0.254. The van der Waals surface area contributed by atoms with Crippen molar-refractivity contribution in [2.24, 2.45) is 0 Å². The zero-order chi connectivity index (χ0) is 13.7. The molecule has 20 heavy (non-hydrogen) atoms. The third-order valence-corrected chi connectivity index (χ3v) is 4.13. The van der Waals surface area contributed by atoms with E-state index in [1.165, 1.54) is 22.3 Å². The molecule has 2 atom stereocenters. The average molecular weight is 266 g/mol. The molecule has 2 aliphatic rings. The molecule has 0 saturated heterocycles. The van der Waals surface area contributed by atoms with Gasteiger partial charge in [-0.25, -0.2) is 0 Å². The van der Waals surface area contributed by atoms with Crippen molar-refractivity contribution in [1.29, 1.82) is 0 Å². The van der Waals surface area contributed by atoms with Crippen LogP contribution in [-0.4, -0.2) is 12.2 Å². The molecule has 2 heteroatoms. The lowest BCUT2D eigenvalue weighted by Gasteiger charge is -2.06. The van der Waals surface area contributed by atoms with Crippen molar-refractivity contribution in [2.45, 2.75) is 38.9 Å². The molecule has 2 aromatic rings. The van der Waals surface area contributed by atoms with Crippen molar-refractivity contribution in [3.05, 3.63) is 47.5 Å². The van der Waals surface area contributed by atoms with E-state index in [9.17, 15) is 0 Å². The fraction of sp³-hybridized carbons (Fsp3) is 0.333. The Hall–Kier alpha value is -1.96. The number of hydrogen-bond acceptors (Lipinski definition) is 2. The van der Waals surface area contributed by atoms with Gasteiger partial charge in [-0.15, -0.1) is 0 Å². The summed E-state index contributed by atoms with van der Waals surface area (Å²) in [5, 5.41) is 0. The van der Waals surface area contributed by atoms with E-state index >= 15 is 0 Å². The lowest BCUT2D eigenvalue weighted by atomic mass is 9.98. The normalized spacial score (nSPS) is 22.9. The molecular formula is C18H18O2. The van der Waals surface area contributed by atoms with Crippen LogP contribution >= 0.6 is 0 Å². The van der Waals surface area contributed by atoms with Crippen molar-refractivity contribution >= 4 is 0 Å². The monoisotopic (exact) mass is 266 g/mol. The zero-order valence-electron chi connectivity index (χ0n) is 11.8. The first kappa shape index (κ1) is 11.8. The molecule has 0 aromatic heterocycles. The minimum absolute atomic E-state index is 0.300. The lowest BCUT2D eigenvalue weighted by Crippen LogP contribution is -2.05. The highest BCUT2D eigenvalue weighted by Gasteiger charge is 2.21. The van der Waals surface area contributed by atoms with E-state index < -0.39 is 0 Å². The zero-order valence-corrected chi connectivity index (χ0v) is 11.8. The quantitative estimate of drug-likeness (QED) is 0.776. The smallest absolute Gasteiger partial charge is 0.123 e. The van der Waals surface area contributed by atoms with Crippen LogP contribution in [0.2, 0.25) is 0 Å². The first-order chi connectivity index (χ1) is 9.69. The maximum atomic E-state index is 5.77. The third-order valence-electron chi connectivity index (χ3n) is 4.13. The fourth-order valence-electron chi connectivity index (χ4n) is 3.20. The van der Waals surface area contributed by atoms with Crippen LogP contribution in [0, 0.1) is 0 Å². The first-order valence-electron chi connectivity index (χ1n) is 7.28. The Balaban J connectivity index is 1.72. The molecule has 102 valence electrons. The minimum atomic E-state index is 0.300. The summed E-state index contributed by atoms with van der Waals surface area (Å²) in [5.74, 6) is 2.08. The van der Waals surface area contributed by atoms with Crippen molar-refractivity contribution in [1.82, 2.24) is 0 Å².